The van der Waals surface area contributed by atoms with Crippen LogP contribution in [0.5, 0.6) is 0 Å². The van der Waals surface area contributed by atoms with E-state index >= 15 is 0 Å². The van der Waals surface area contributed by atoms with Crippen molar-refractivity contribution in [3.63, 3.8) is 0 Å². The summed E-state index contributed by atoms with van der Waals surface area (Å²) in [7, 11) is 1.59. The molecule has 0 aromatic heterocycles. The summed E-state index contributed by atoms with van der Waals surface area (Å²) in [6.45, 7) is 1.94. The first-order chi connectivity index (χ1) is 7.17. The van der Waals surface area contributed by atoms with E-state index in [0.717, 1.165) is 6.42 Å². The van der Waals surface area contributed by atoms with E-state index in [9.17, 15) is 9.50 Å². The highest BCUT2D eigenvalue weighted by Gasteiger charge is 2.49. The van der Waals surface area contributed by atoms with Gasteiger partial charge in [0.25, 0.3) is 6.02 Å². The molecule has 2 aliphatic rings. The largest absolute Gasteiger partial charge is 0.449 e. The molecule has 2 rings (SSSR count). The molecule has 2 fully saturated rings. The molecule has 5 atom stereocenters. The average molecular weight is 234 g/mol. The van der Waals surface area contributed by atoms with Crippen LogP contribution >= 0.6 is 11.8 Å². The van der Waals surface area contributed by atoms with Crippen molar-refractivity contribution in [1.29, 1.82) is 0 Å². The van der Waals surface area contributed by atoms with Crippen LogP contribution in [0.4, 0.5) is 4.39 Å². The Hall–Kier alpha value is -0.490. The van der Waals surface area contributed by atoms with Gasteiger partial charge in [0, 0.05) is 12.3 Å². The molecule has 0 aromatic rings. The summed E-state index contributed by atoms with van der Waals surface area (Å²) < 4.78 is 19.2. The Morgan fingerprint density at radius 3 is 3.00 bits per heavy atom. The summed E-state index contributed by atoms with van der Waals surface area (Å²) in [4.78, 5) is 3.84. The van der Waals surface area contributed by atoms with E-state index < -0.39 is 18.3 Å². The lowest BCUT2D eigenvalue weighted by atomic mass is 10.0. The maximum absolute atomic E-state index is 13.8. The van der Waals surface area contributed by atoms with Crippen LogP contribution in [0.15, 0.2) is 4.99 Å². The summed E-state index contributed by atoms with van der Waals surface area (Å²) in [5.41, 5.74) is -0.271. The van der Waals surface area contributed by atoms with Gasteiger partial charge in [0.2, 0.25) is 0 Å². The minimum atomic E-state index is -1.29. The molecule has 0 bridgehead atoms. The van der Waals surface area contributed by atoms with Crippen molar-refractivity contribution in [2.45, 2.75) is 42.3 Å². The zero-order chi connectivity index (χ0) is 11.0. The molecule has 15 heavy (non-hydrogen) atoms. The molecule has 2 aliphatic heterocycles. The predicted molar refractivity (Wildman–Crippen MR) is 57.7 cm³/mol. The molecule has 0 aromatic carbocycles. The third kappa shape index (κ3) is 1.80. The van der Waals surface area contributed by atoms with Gasteiger partial charge in [-0.1, -0.05) is 6.92 Å². The first kappa shape index (κ1) is 11.0. The molecule has 0 unspecified atom stereocenters. The number of aliphatic hydroxyl groups excluding tert-OH is 1. The number of aliphatic imine (C=N–C) groups is 1. The highest BCUT2D eigenvalue weighted by atomic mass is 32.2. The number of rotatable bonds is 1. The number of alkyl halides is 1. The Labute approximate surface area is 92.3 Å². The van der Waals surface area contributed by atoms with Crippen LogP contribution in [0.25, 0.3) is 0 Å². The Bertz CT molecular complexity index is 277. The molecule has 2 N–H and O–H groups in total. The fourth-order valence-corrected chi connectivity index (χ4v) is 3.28. The van der Waals surface area contributed by atoms with E-state index in [0.29, 0.717) is 6.02 Å². The van der Waals surface area contributed by atoms with Crippen molar-refractivity contribution >= 4 is 17.8 Å². The van der Waals surface area contributed by atoms with Gasteiger partial charge in [-0.05, 0) is 6.42 Å². The number of aliphatic hydroxyl groups is 1. The monoisotopic (exact) mass is 234 g/mol. The standard InChI is InChI=1S/C9H15FN2O2S/c1-3-4-7(13)5(10)6-8(15-4)14-9(11-2)12-6/h4-8,13H,3H2,1-2H3,(H,11,12)/t4-,5-,6-,7-,8+/m1/s1. The summed E-state index contributed by atoms with van der Waals surface area (Å²) in [5, 5.41) is 12.5. The van der Waals surface area contributed by atoms with Crippen LogP contribution in [-0.4, -0.2) is 47.2 Å². The van der Waals surface area contributed by atoms with E-state index in [1.54, 1.807) is 7.05 Å². The molecule has 2 saturated heterocycles. The fraction of sp³-hybridized carbons (Fsp3) is 0.889. The van der Waals surface area contributed by atoms with Gasteiger partial charge in [-0.15, -0.1) is 11.8 Å². The second-order valence-electron chi connectivity index (χ2n) is 3.70. The number of nitrogens with one attached hydrogen (secondary N) is 1. The Morgan fingerprint density at radius 2 is 2.40 bits per heavy atom. The lowest BCUT2D eigenvalue weighted by Crippen LogP contribution is -2.53. The molecule has 0 amide bonds. The van der Waals surface area contributed by atoms with Gasteiger partial charge in [-0.2, -0.15) is 0 Å². The predicted octanol–water partition coefficient (Wildman–Crippen LogP) is 0.511. The summed E-state index contributed by atoms with van der Waals surface area (Å²) in [6.07, 6.45) is -1.48. The first-order valence-electron chi connectivity index (χ1n) is 5.05. The van der Waals surface area contributed by atoms with Crippen LogP contribution in [0.1, 0.15) is 13.3 Å². The van der Waals surface area contributed by atoms with Crippen molar-refractivity contribution in [3.8, 4) is 0 Å². The van der Waals surface area contributed by atoms with Crippen molar-refractivity contribution < 1.29 is 14.2 Å². The molecular formula is C9H15FN2O2S. The molecule has 0 aliphatic carbocycles. The number of amidine groups is 1. The molecule has 2 heterocycles. The lowest BCUT2D eigenvalue weighted by Gasteiger charge is -2.35. The summed E-state index contributed by atoms with van der Waals surface area (Å²) in [5.74, 6) is 0. The highest BCUT2D eigenvalue weighted by molar-refractivity contribution is 8.00. The van der Waals surface area contributed by atoms with Crippen LogP contribution in [0.3, 0.4) is 0 Å². The smallest absolute Gasteiger partial charge is 0.286 e. The normalized spacial score (nSPS) is 47.2. The second kappa shape index (κ2) is 4.17. The molecule has 0 radical (unpaired) electrons. The number of hydrogen-bond donors (Lipinski definition) is 2. The SMILES string of the molecule is CC[C@H]1S[C@@H]2OC(=NC)N[C@@H]2[C@@H](F)[C@@H]1O. The van der Waals surface area contributed by atoms with Gasteiger partial charge in [0.15, 0.2) is 11.6 Å². The summed E-state index contributed by atoms with van der Waals surface area (Å²) in [6, 6.07) is -0.115. The molecule has 86 valence electrons. The fourth-order valence-electron chi connectivity index (χ4n) is 1.90. The number of halogens is 1. The topological polar surface area (TPSA) is 53.8 Å². The average Bonchev–Trinajstić information content (AvgIpc) is 2.66. The molecule has 0 saturated carbocycles. The van der Waals surface area contributed by atoms with E-state index in [4.69, 9.17) is 4.74 Å². The minimum absolute atomic E-state index is 0.0979. The van der Waals surface area contributed by atoms with Crippen LogP contribution < -0.4 is 5.32 Å². The molecular weight excluding hydrogens is 219 g/mol. The quantitative estimate of drug-likeness (QED) is 0.694. The van der Waals surface area contributed by atoms with Gasteiger partial charge in [0.05, 0.1) is 6.10 Å². The van der Waals surface area contributed by atoms with Gasteiger partial charge in [-0.3, -0.25) is 0 Å². The van der Waals surface area contributed by atoms with Crippen molar-refractivity contribution in [1.82, 2.24) is 5.32 Å². The van der Waals surface area contributed by atoms with Crippen LogP contribution in [0.2, 0.25) is 0 Å². The molecule has 6 heteroatoms. The van der Waals surface area contributed by atoms with E-state index in [2.05, 4.69) is 10.3 Å². The first-order valence-corrected chi connectivity index (χ1v) is 5.99. The van der Waals surface area contributed by atoms with E-state index in [1.165, 1.54) is 11.8 Å². The van der Waals surface area contributed by atoms with Gasteiger partial charge in [-0.25, -0.2) is 9.38 Å². The molecule has 4 nitrogen and oxygen atoms in total. The third-order valence-corrected chi connectivity index (χ3v) is 4.40. The summed E-state index contributed by atoms with van der Waals surface area (Å²) >= 11 is 1.48. The highest BCUT2D eigenvalue weighted by Crippen LogP contribution is 2.38. The van der Waals surface area contributed by atoms with Crippen LogP contribution in [0, 0.1) is 0 Å². The molecule has 0 spiro atoms. The van der Waals surface area contributed by atoms with Crippen LogP contribution in [-0.2, 0) is 4.74 Å². The van der Waals surface area contributed by atoms with E-state index in [-0.39, 0.29) is 10.7 Å². The second-order valence-corrected chi connectivity index (χ2v) is 5.05. The Morgan fingerprint density at radius 1 is 1.67 bits per heavy atom. The van der Waals surface area contributed by atoms with Gasteiger partial charge in [0.1, 0.15) is 6.04 Å². The Balaban J connectivity index is 2.13. The maximum Gasteiger partial charge on any atom is 0.286 e. The lowest BCUT2D eigenvalue weighted by molar-refractivity contribution is 0.0393. The zero-order valence-electron chi connectivity index (χ0n) is 8.68. The Kier molecular flexibility index (Phi) is 3.06. The van der Waals surface area contributed by atoms with Crippen molar-refractivity contribution in [2.75, 3.05) is 7.05 Å². The van der Waals surface area contributed by atoms with Gasteiger partial charge >= 0.3 is 0 Å². The number of ether oxygens (including phenoxy) is 1. The number of fused-ring (bicyclic) bond motifs is 1. The van der Waals surface area contributed by atoms with E-state index in [1.807, 2.05) is 6.92 Å². The number of thioether (sulfide) groups is 1. The number of hydrogen-bond acceptors (Lipinski definition) is 4. The third-order valence-electron chi connectivity index (χ3n) is 2.78. The maximum atomic E-state index is 13.8. The minimum Gasteiger partial charge on any atom is -0.449 e. The zero-order valence-corrected chi connectivity index (χ0v) is 9.50. The number of nitrogens with zero attached hydrogens (tertiary/aromatic N) is 1. The van der Waals surface area contributed by atoms with Gasteiger partial charge < -0.3 is 15.2 Å². The van der Waals surface area contributed by atoms with Crippen molar-refractivity contribution in [2.24, 2.45) is 4.99 Å². The van der Waals surface area contributed by atoms with Crippen molar-refractivity contribution in [3.05, 3.63) is 0 Å².